The number of rotatable bonds is 1. The van der Waals surface area contributed by atoms with Crippen molar-refractivity contribution in [2.45, 2.75) is 43.7 Å². The van der Waals surface area contributed by atoms with Gasteiger partial charge in [-0.1, -0.05) is 0 Å². The molecule has 0 spiro atoms. The SMILES string of the molecule is C[C@@H]1CN(C(=O)[C@]2(C)CC2(Cl)Cl)C[C@H](C)O1. The number of carbonyl (C=O) groups excluding carboxylic acids is 1. The van der Waals surface area contributed by atoms with Gasteiger partial charge in [-0.3, -0.25) is 4.79 Å². The minimum atomic E-state index is -0.880. The van der Waals surface area contributed by atoms with Gasteiger partial charge in [0, 0.05) is 13.1 Å². The van der Waals surface area contributed by atoms with Crippen molar-refractivity contribution in [3.8, 4) is 0 Å². The molecule has 2 rings (SSSR count). The Morgan fingerprint density at radius 2 is 1.75 bits per heavy atom. The van der Waals surface area contributed by atoms with Crippen LogP contribution in [0.15, 0.2) is 0 Å². The summed E-state index contributed by atoms with van der Waals surface area (Å²) >= 11 is 12.0. The van der Waals surface area contributed by atoms with Crippen molar-refractivity contribution in [2.24, 2.45) is 5.41 Å². The van der Waals surface area contributed by atoms with Gasteiger partial charge in [0.1, 0.15) is 4.33 Å². The molecule has 0 aromatic carbocycles. The van der Waals surface area contributed by atoms with E-state index in [0.29, 0.717) is 19.5 Å². The van der Waals surface area contributed by atoms with E-state index in [1.165, 1.54) is 0 Å². The summed E-state index contributed by atoms with van der Waals surface area (Å²) in [6, 6.07) is 0. The Kier molecular flexibility index (Phi) is 2.93. The summed E-state index contributed by atoms with van der Waals surface area (Å²) in [5.41, 5.74) is -0.604. The van der Waals surface area contributed by atoms with E-state index in [1.807, 2.05) is 25.7 Å². The molecule has 0 aromatic rings. The predicted molar refractivity (Wildman–Crippen MR) is 63.8 cm³/mol. The minimum absolute atomic E-state index is 0.0551. The van der Waals surface area contributed by atoms with Gasteiger partial charge in [0.05, 0.1) is 17.6 Å². The summed E-state index contributed by atoms with van der Waals surface area (Å²) in [7, 11) is 0. The largest absolute Gasteiger partial charge is 0.372 e. The lowest BCUT2D eigenvalue weighted by atomic mass is 10.1. The number of hydrogen-bond acceptors (Lipinski definition) is 2. The highest BCUT2D eigenvalue weighted by Gasteiger charge is 2.68. The van der Waals surface area contributed by atoms with Crippen LogP contribution in [0.3, 0.4) is 0 Å². The lowest BCUT2D eigenvalue weighted by Crippen LogP contribution is -2.50. The van der Waals surface area contributed by atoms with Crippen LogP contribution in [0.4, 0.5) is 0 Å². The van der Waals surface area contributed by atoms with Gasteiger partial charge >= 0.3 is 0 Å². The molecule has 16 heavy (non-hydrogen) atoms. The molecule has 0 N–H and O–H groups in total. The molecule has 0 aromatic heterocycles. The molecule has 1 amide bonds. The summed E-state index contributed by atoms with van der Waals surface area (Å²) < 4.78 is 4.71. The second-order valence-electron chi connectivity index (χ2n) is 5.18. The molecule has 0 bridgehead atoms. The van der Waals surface area contributed by atoms with Crippen molar-refractivity contribution in [3.63, 3.8) is 0 Å². The van der Waals surface area contributed by atoms with E-state index in [0.717, 1.165) is 0 Å². The van der Waals surface area contributed by atoms with Crippen LogP contribution in [0.2, 0.25) is 0 Å². The Balaban J connectivity index is 2.06. The van der Waals surface area contributed by atoms with Gasteiger partial charge < -0.3 is 9.64 Å². The number of amides is 1. The number of halogens is 2. The van der Waals surface area contributed by atoms with E-state index in [4.69, 9.17) is 27.9 Å². The molecule has 1 aliphatic carbocycles. The zero-order chi connectivity index (χ0) is 12.1. The van der Waals surface area contributed by atoms with Gasteiger partial charge in [-0.25, -0.2) is 0 Å². The molecular formula is C11H17Cl2NO2. The summed E-state index contributed by atoms with van der Waals surface area (Å²) in [6.45, 7) is 7.03. The molecule has 1 saturated heterocycles. The molecule has 0 unspecified atom stereocenters. The highest BCUT2D eigenvalue weighted by molar-refractivity contribution is 6.53. The second-order valence-corrected chi connectivity index (χ2v) is 6.66. The van der Waals surface area contributed by atoms with Crippen molar-refractivity contribution < 1.29 is 9.53 Å². The van der Waals surface area contributed by atoms with Crippen LogP contribution in [0.25, 0.3) is 0 Å². The van der Waals surface area contributed by atoms with E-state index >= 15 is 0 Å². The fourth-order valence-corrected chi connectivity index (χ4v) is 3.02. The Hall–Kier alpha value is 0.01000. The lowest BCUT2D eigenvalue weighted by Gasteiger charge is -2.37. The molecular weight excluding hydrogens is 249 g/mol. The third-order valence-corrected chi connectivity index (χ3v) is 4.54. The zero-order valence-electron chi connectivity index (χ0n) is 9.80. The van der Waals surface area contributed by atoms with Crippen molar-refractivity contribution >= 4 is 29.1 Å². The molecule has 3 nitrogen and oxygen atoms in total. The summed E-state index contributed by atoms with van der Waals surface area (Å²) in [6.07, 6.45) is 0.701. The standard InChI is InChI=1S/C11H17Cl2NO2/c1-7-4-14(5-8(2)16-7)9(15)10(3)6-11(10,12)13/h7-8H,4-6H2,1-3H3/t7-,8+,10-/m0/s1. The van der Waals surface area contributed by atoms with Gasteiger partial charge in [0.2, 0.25) is 5.91 Å². The van der Waals surface area contributed by atoms with Crippen molar-refractivity contribution in [2.75, 3.05) is 13.1 Å². The maximum absolute atomic E-state index is 12.3. The average Bonchev–Trinajstić information content (AvgIpc) is 2.64. The normalized spacial score (nSPS) is 41.9. The van der Waals surface area contributed by atoms with Gasteiger partial charge in [-0.05, 0) is 27.2 Å². The Labute approximate surface area is 106 Å². The van der Waals surface area contributed by atoms with Crippen molar-refractivity contribution in [1.82, 2.24) is 4.90 Å². The van der Waals surface area contributed by atoms with E-state index in [-0.39, 0.29) is 18.1 Å². The smallest absolute Gasteiger partial charge is 0.231 e. The first kappa shape index (κ1) is 12.5. The lowest BCUT2D eigenvalue weighted by molar-refractivity contribution is -0.148. The summed E-state index contributed by atoms with van der Waals surface area (Å²) in [5.74, 6) is 0.0551. The number of alkyl halides is 2. The Morgan fingerprint density at radius 1 is 1.31 bits per heavy atom. The fourth-order valence-electron chi connectivity index (χ4n) is 2.32. The van der Waals surface area contributed by atoms with Crippen molar-refractivity contribution in [1.29, 1.82) is 0 Å². The number of hydrogen-bond donors (Lipinski definition) is 0. The quantitative estimate of drug-likeness (QED) is 0.681. The minimum Gasteiger partial charge on any atom is -0.372 e. The van der Waals surface area contributed by atoms with Gasteiger partial charge in [-0.2, -0.15) is 0 Å². The first-order chi connectivity index (χ1) is 7.26. The summed E-state index contributed by atoms with van der Waals surface area (Å²) in [4.78, 5) is 14.1. The average molecular weight is 266 g/mol. The molecule has 1 aliphatic heterocycles. The van der Waals surface area contributed by atoms with Crippen LogP contribution in [-0.2, 0) is 9.53 Å². The van der Waals surface area contributed by atoms with E-state index in [1.54, 1.807) is 0 Å². The number of ether oxygens (including phenoxy) is 1. The van der Waals surface area contributed by atoms with E-state index < -0.39 is 9.75 Å². The third-order valence-electron chi connectivity index (χ3n) is 3.44. The number of morpholine rings is 1. The highest BCUT2D eigenvalue weighted by Crippen LogP contribution is 2.64. The Bertz CT molecular complexity index is 311. The maximum Gasteiger partial charge on any atom is 0.231 e. The second kappa shape index (κ2) is 3.76. The monoisotopic (exact) mass is 265 g/mol. The van der Waals surface area contributed by atoms with Crippen molar-refractivity contribution in [3.05, 3.63) is 0 Å². The van der Waals surface area contributed by atoms with Gasteiger partial charge in [0.25, 0.3) is 0 Å². The summed E-state index contributed by atoms with van der Waals surface area (Å²) in [5, 5.41) is 0. The first-order valence-corrected chi connectivity index (χ1v) is 6.34. The zero-order valence-corrected chi connectivity index (χ0v) is 11.3. The molecule has 2 aliphatic rings. The van der Waals surface area contributed by atoms with Crippen LogP contribution in [0.1, 0.15) is 27.2 Å². The van der Waals surface area contributed by atoms with Crippen LogP contribution < -0.4 is 0 Å². The predicted octanol–water partition coefficient (Wildman–Crippen LogP) is 2.21. The van der Waals surface area contributed by atoms with Crippen LogP contribution in [0.5, 0.6) is 0 Å². The molecule has 5 heteroatoms. The molecule has 0 radical (unpaired) electrons. The number of carbonyl (C=O) groups is 1. The fraction of sp³-hybridized carbons (Fsp3) is 0.909. The first-order valence-electron chi connectivity index (χ1n) is 5.59. The van der Waals surface area contributed by atoms with E-state index in [2.05, 4.69) is 0 Å². The van der Waals surface area contributed by atoms with E-state index in [9.17, 15) is 4.79 Å². The highest BCUT2D eigenvalue weighted by atomic mass is 35.5. The van der Waals surface area contributed by atoms with Gasteiger partial charge in [0.15, 0.2) is 0 Å². The molecule has 1 saturated carbocycles. The Morgan fingerprint density at radius 3 is 2.12 bits per heavy atom. The molecule has 92 valence electrons. The molecule has 3 atom stereocenters. The van der Waals surface area contributed by atoms with Crippen LogP contribution in [-0.4, -0.2) is 40.4 Å². The van der Waals surface area contributed by atoms with Gasteiger partial charge in [-0.15, -0.1) is 23.2 Å². The topological polar surface area (TPSA) is 29.5 Å². The molecule has 1 heterocycles. The van der Waals surface area contributed by atoms with Crippen LogP contribution in [0, 0.1) is 5.41 Å². The van der Waals surface area contributed by atoms with Crippen LogP contribution >= 0.6 is 23.2 Å². The third kappa shape index (κ3) is 1.93. The maximum atomic E-state index is 12.3. The molecule has 2 fully saturated rings. The number of nitrogens with zero attached hydrogens (tertiary/aromatic N) is 1.